The molecule has 8 heteroatoms. The summed E-state index contributed by atoms with van der Waals surface area (Å²) in [4.78, 5) is 16.3. The molecule has 0 bridgehead atoms. The lowest BCUT2D eigenvalue weighted by molar-refractivity contribution is 0.191. The van der Waals surface area contributed by atoms with Gasteiger partial charge >= 0.3 is 6.03 Å². The number of aromatic nitrogens is 2. The van der Waals surface area contributed by atoms with E-state index in [9.17, 15) is 9.18 Å². The van der Waals surface area contributed by atoms with E-state index in [0.29, 0.717) is 26.2 Å². The predicted octanol–water partition coefficient (Wildman–Crippen LogP) is 2.15. The Kier molecular flexibility index (Phi) is 5.06. The molecular formula is C17H22FN5O2. The van der Waals surface area contributed by atoms with E-state index < -0.39 is 0 Å². The number of anilines is 1. The number of benzene rings is 1. The van der Waals surface area contributed by atoms with Gasteiger partial charge in [-0.25, -0.2) is 9.18 Å². The lowest BCUT2D eigenvalue weighted by Gasteiger charge is -2.36. The Labute approximate surface area is 145 Å². The summed E-state index contributed by atoms with van der Waals surface area (Å²) in [5.41, 5.74) is 1.83. The first kappa shape index (κ1) is 17.1. The Bertz CT molecular complexity index is 714. The molecule has 2 N–H and O–H groups in total. The van der Waals surface area contributed by atoms with Crippen LogP contribution in [-0.2, 0) is 0 Å². The maximum Gasteiger partial charge on any atom is 0.317 e. The molecule has 0 aliphatic carbocycles. The van der Waals surface area contributed by atoms with Crippen LogP contribution >= 0.6 is 0 Å². The van der Waals surface area contributed by atoms with Gasteiger partial charge in [-0.15, -0.1) is 0 Å². The third kappa shape index (κ3) is 3.84. The van der Waals surface area contributed by atoms with Gasteiger partial charge in [0.1, 0.15) is 0 Å². The quantitative estimate of drug-likeness (QED) is 0.889. The molecule has 134 valence electrons. The first-order valence-corrected chi connectivity index (χ1v) is 8.21. The van der Waals surface area contributed by atoms with Gasteiger partial charge in [0.2, 0.25) is 0 Å². The monoisotopic (exact) mass is 347 g/mol. The number of piperazine rings is 1. The number of halogens is 1. The Balaban J connectivity index is 1.55. The highest BCUT2D eigenvalue weighted by atomic mass is 19.1. The average molecular weight is 347 g/mol. The topological polar surface area (TPSA) is 73.5 Å². The molecule has 3 rings (SSSR count). The lowest BCUT2D eigenvalue weighted by atomic mass is 10.2. The molecule has 2 amide bonds. The number of hydrogen-bond acceptors (Lipinski definition) is 4. The van der Waals surface area contributed by atoms with Gasteiger partial charge in [-0.1, -0.05) is 0 Å². The highest BCUT2D eigenvalue weighted by molar-refractivity contribution is 5.75. The van der Waals surface area contributed by atoms with E-state index in [0.717, 1.165) is 11.3 Å². The maximum atomic E-state index is 13.5. The molecule has 1 aliphatic rings. The second kappa shape index (κ2) is 7.42. The van der Waals surface area contributed by atoms with Crippen molar-refractivity contribution in [3.63, 3.8) is 0 Å². The number of hydrogen-bond donors (Lipinski definition) is 2. The van der Waals surface area contributed by atoms with Crippen LogP contribution in [-0.4, -0.2) is 54.4 Å². The number of amides is 2. The van der Waals surface area contributed by atoms with Crippen molar-refractivity contribution < 1.29 is 13.9 Å². The molecule has 1 aromatic heterocycles. The molecule has 25 heavy (non-hydrogen) atoms. The highest BCUT2D eigenvalue weighted by Crippen LogP contribution is 2.25. The highest BCUT2D eigenvalue weighted by Gasteiger charge is 2.23. The van der Waals surface area contributed by atoms with Crippen LogP contribution in [0.3, 0.4) is 0 Å². The smallest absolute Gasteiger partial charge is 0.317 e. The van der Waals surface area contributed by atoms with E-state index in [2.05, 4.69) is 20.4 Å². The van der Waals surface area contributed by atoms with Crippen LogP contribution in [0.15, 0.2) is 30.6 Å². The zero-order chi connectivity index (χ0) is 17.8. The second-order valence-electron chi connectivity index (χ2n) is 6.00. The molecule has 1 atom stereocenters. The molecule has 2 aromatic rings. The molecule has 0 radical (unpaired) electrons. The van der Waals surface area contributed by atoms with Gasteiger partial charge in [0, 0.05) is 49.7 Å². The third-order valence-electron chi connectivity index (χ3n) is 4.43. The Hall–Kier alpha value is -2.77. The van der Waals surface area contributed by atoms with Crippen molar-refractivity contribution in [2.24, 2.45) is 0 Å². The van der Waals surface area contributed by atoms with Crippen molar-refractivity contribution in [1.82, 2.24) is 20.4 Å². The van der Waals surface area contributed by atoms with Gasteiger partial charge in [-0.2, -0.15) is 5.10 Å². The number of carbonyl (C=O) groups excluding carboxylic acids is 1. The number of nitrogens with one attached hydrogen (secondary N) is 2. The standard InChI is InChI=1S/C17H22FN5O2/c1-12(13-10-19-20-11-13)21-17(24)23-7-5-22(6-8-23)14-3-4-15(18)16(9-14)25-2/h3-4,9-12H,5-8H2,1-2H3,(H,19,20)(H,21,24)/t12-/m1/s1. The van der Waals surface area contributed by atoms with Crippen LogP contribution < -0.4 is 15.0 Å². The molecule has 1 aromatic carbocycles. The number of methoxy groups -OCH3 is 1. The number of H-pyrrole nitrogens is 1. The van der Waals surface area contributed by atoms with Crippen LogP contribution in [0.1, 0.15) is 18.5 Å². The third-order valence-corrected chi connectivity index (χ3v) is 4.43. The molecule has 0 unspecified atom stereocenters. The minimum atomic E-state index is -0.377. The molecule has 1 aliphatic heterocycles. The molecular weight excluding hydrogens is 325 g/mol. The average Bonchev–Trinajstić information content (AvgIpc) is 3.17. The summed E-state index contributed by atoms with van der Waals surface area (Å²) in [7, 11) is 1.45. The number of carbonyl (C=O) groups is 1. The number of aromatic amines is 1. The zero-order valence-corrected chi connectivity index (χ0v) is 14.3. The van der Waals surface area contributed by atoms with Crippen molar-refractivity contribution in [3.05, 3.63) is 42.0 Å². The number of ether oxygens (including phenoxy) is 1. The summed E-state index contributed by atoms with van der Waals surface area (Å²) in [5.74, 6) is -0.149. The summed E-state index contributed by atoms with van der Waals surface area (Å²) in [5, 5.41) is 9.61. The number of rotatable bonds is 4. The molecule has 1 saturated heterocycles. The summed E-state index contributed by atoms with van der Waals surface area (Å²) >= 11 is 0. The minimum Gasteiger partial charge on any atom is -0.494 e. The predicted molar refractivity (Wildman–Crippen MR) is 92.3 cm³/mol. The van der Waals surface area contributed by atoms with Crippen LogP contribution in [0.2, 0.25) is 0 Å². The molecule has 2 heterocycles. The summed E-state index contributed by atoms with van der Waals surface area (Å²) in [6.07, 6.45) is 3.47. The Morgan fingerprint density at radius 3 is 2.76 bits per heavy atom. The van der Waals surface area contributed by atoms with Crippen LogP contribution in [0, 0.1) is 5.82 Å². The van der Waals surface area contributed by atoms with Crippen molar-refractivity contribution >= 4 is 11.7 Å². The number of nitrogens with zero attached hydrogens (tertiary/aromatic N) is 3. The van der Waals surface area contributed by atoms with E-state index in [-0.39, 0.29) is 23.6 Å². The van der Waals surface area contributed by atoms with Crippen molar-refractivity contribution in [2.45, 2.75) is 13.0 Å². The van der Waals surface area contributed by atoms with Crippen molar-refractivity contribution in [3.8, 4) is 5.75 Å². The van der Waals surface area contributed by atoms with Gasteiger partial charge in [-0.3, -0.25) is 5.10 Å². The normalized spacial score (nSPS) is 15.8. The van der Waals surface area contributed by atoms with Gasteiger partial charge in [0.05, 0.1) is 19.3 Å². The fourth-order valence-corrected chi connectivity index (χ4v) is 2.87. The minimum absolute atomic E-state index is 0.0926. The Morgan fingerprint density at radius 1 is 1.36 bits per heavy atom. The van der Waals surface area contributed by atoms with Crippen LogP contribution in [0.25, 0.3) is 0 Å². The summed E-state index contributed by atoms with van der Waals surface area (Å²) < 4.78 is 18.6. The largest absolute Gasteiger partial charge is 0.494 e. The van der Waals surface area contributed by atoms with Crippen molar-refractivity contribution in [1.29, 1.82) is 0 Å². The van der Waals surface area contributed by atoms with Gasteiger partial charge < -0.3 is 19.9 Å². The van der Waals surface area contributed by atoms with Gasteiger partial charge in [0.25, 0.3) is 0 Å². The van der Waals surface area contributed by atoms with Crippen LogP contribution in [0.5, 0.6) is 5.75 Å². The number of urea groups is 1. The fraction of sp³-hybridized carbons (Fsp3) is 0.412. The molecule has 0 spiro atoms. The van der Waals surface area contributed by atoms with E-state index in [1.807, 2.05) is 6.92 Å². The zero-order valence-electron chi connectivity index (χ0n) is 14.3. The van der Waals surface area contributed by atoms with Gasteiger partial charge in [0.15, 0.2) is 11.6 Å². The maximum absolute atomic E-state index is 13.5. The van der Waals surface area contributed by atoms with E-state index in [1.54, 1.807) is 29.4 Å². The second-order valence-corrected chi connectivity index (χ2v) is 6.00. The first-order valence-electron chi connectivity index (χ1n) is 8.21. The molecule has 0 saturated carbocycles. The summed E-state index contributed by atoms with van der Waals surface area (Å²) in [6, 6.07) is 4.62. The fourth-order valence-electron chi connectivity index (χ4n) is 2.87. The van der Waals surface area contributed by atoms with E-state index in [1.165, 1.54) is 13.2 Å². The first-order chi connectivity index (χ1) is 12.1. The lowest BCUT2D eigenvalue weighted by Crippen LogP contribution is -2.52. The van der Waals surface area contributed by atoms with E-state index >= 15 is 0 Å². The van der Waals surface area contributed by atoms with Crippen molar-refractivity contribution in [2.75, 3.05) is 38.2 Å². The molecule has 7 nitrogen and oxygen atoms in total. The van der Waals surface area contributed by atoms with E-state index in [4.69, 9.17) is 4.74 Å². The molecule has 1 fully saturated rings. The Morgan fingerprint density at radius 2 is 2.12 bits per heavy atom. The summed E-state index contributed by atoms with van der Waals surface area (Å²) in [6.45, 7) is 4.49. The van der Waals surface area contributed by atoms with Gasteiger partial charge in [-0.05, 0) is 19.1 Å². The SMILES string of the molecule is COc1cc(N2CCN(C(=O)N[C@H](C)c3cn[nH]c3)CC2)ccc1F. The van der Waals surface area contributed by atoms with Crippen LogP contribution in [0.4, 0.5) is 14.9 Å².